The molecule has 1 heterocycles. The zero-order valence-electron chi connectivity index (χ0n) is 28.3. The van der Waals surface area contributed by atoms with Gasteiger partial charge in [-0.1, -0.05) is 110 Å². The highest BCUT2D eigenvalue weighted by Gasteiger charge is 2.22. The maximum Gasteiger partial charge on any atom is 0.128 e. The summed E-state index contributed by atoms with van der Waals surface area (Å²) in [5.74, 6) is 0.863. The van der Waals surface area contributed by atoms with Crippen LogP contribution in [0.2, 0.25) is 0 Å². The van der Waals surface area contributed by atoms with Crippen LogP contribution in [-0.2, 0) is 0 Å². The van der Waals surface area contributed by atoms with E-state index in [-0.39, 0.29) is 6.10 Å². The van der Waals surface area contributed by atoms with Crippen LogP contribution in [0.1, 0.15) is 18.1 Å². The normalized spacial score (nSPS) is 13.9. The van der Waals surface area contributed by atoms with Crippen LogP contribution < -0.4 is 14.5 Å². The third kappa shape index (κ3) is 5.95. The lowest BCUT2D eigenvalue weighted by atomic mass is 9.93. The minimum Gasteiger partial charge on any atom is -0.485 e. The Morgan fingerprint density at radius 3 is 1.88 bits per heavy atom. The molecule has 0 N–H and O–H groups in total. The summed E-state index contributed by atoms with van der Waals surface area (Å²) in [6.07, 6.45) is 2.03. The number of fused-ring (bicyclic) bond motifs is 2. The lowest BCUT2D eigenvalue weighted by Crippen LogP contribution is -2.14. The van der Waals surface area contributed by atoms with Gasteiger partial charge in [-0.05, 0) is 113 Å². The number of ether oxygens (including phenoxy) is 1. The van der Waals surface area contributed by atoms with Crippen LogP contribution in [0.4, 0.5) is 28.4 Å². The first kappa shape index (κ1) is 31.0. The second kappa shape index (κ2) is 13.3. The third-order valence-electron chi connectivity index (χ3n) is 9.58. The molecule has 50 heavy (non-hydrogen) atoms. The molecular weight excluding hydrogens is 609 g/mol. The Labute approximate surface area is 294 Å². The molecule has 1 aliphatic heterocycles. The average molecular weight is 647 g/mol. The van der Waals surface area contributed by atoms with Crippen LogP contribution in [0.5, 0.6) is 5.75 Å². The molecule has 0 amide bonds. The minimum absolute atomic E-state index is 0.148. The molecule has 3 nitrogen and oxygen atoms in total. The van der Waals surface area contributed by atoms with E-state index in [4.69, 9.17) is 4.74 Å². The summed E-state index contributed by atoms with van der Waals surface area (Å²) in [7, 11) is 2.13. The molecule has 0 fully saturated rings. The molecule has 0 bridgehead atoms. The highest BCUT2D eigenvalue weighted by Crippen LogP contribution is 2.42. The maximum atomic E-state index is 6.49. The molecule has 1 atom stereocenters. The van der Waals surface area contributed by atoms with Crippen molar-refractivity contribution in [3.8, 4) is 16.9 Å². The zero-order valence-corrected chi connectivity index (χ0v) is 28.3. The number of anilines is 5. The zero-order chi connectivity index (χ0) is 34.0. The van der Waals surface area contributed by atoms with Crippen molar-refractivity contribution in [2.75, 3.05) is 16.8 Å². The van der Waals surface area contributed by atoms with Crippen molar-refractivity contribution in [1.29, 1.82) is 0 Å². The Bertz CT molecular complexity index is 2340. The van der Waals surface area contributed by atoms with Crippen molar-refractivity contribution in [1.82, 2.24) is 0 Å². The Morgan fingerprint density at radius 2 is 1.12 bits per heavy atom. The Morgan fingerprint density at radius 1 is 0.520 bits per heavy atom. The van der Waals surface area contributed by atoms with Gasteiger partial charge >= 0.3 is 0 Å². The number of benzene rings is 7. The topological polar surface area (TPSA) is 15.7 Å². The van der Waals surface area contributed by atoms with Crippen LogP contribution in [0, 0.1) is 0 Å². The van der Waals surface area contributed by atoms with Gasteiger partial charge in [0.2, 0.25) is 0 Å². The monoisotopic (exact) mass is 646 g/mol. The van der Waals surface area contributed by atoms with Crippen molar-refractivity contribution in [2.24, 2.45) is 0 Å². The number of nitrogens with zero attached hydrogens (tertiary/aromatic N) is 2. The molecule has 0 saturated heterocycles. The average Bonchev–Trinajstić information content (AvgIpc) is 3.30. The molecule has 7 aromatic carbocycles. The van der Waals surface area contributed by atoms with Gasteiger partial charge in [-0.25, -0.2) is 0 Å². The molecule has 7 aromatic rings. The van der Waals surface area contributed by atoms with Crippen LogP contribution in [0.3, 0.4) is 0 Å². The lowest BCUT2D eigenvalue weighted by Gasteiger charge is -2.27. The highest BCUT2D eigenvalue weighted by molar-refractivity contribution is 5.92. The molecule has 0 saturated carbocycles. The number of hydrogen-bond acceptors (Lipinski definition) is 3. The third-order valence-corrected chi connectivity index (χ3v) is 9.58. The number of rotatable bonds is 7. The number of hydrogen-bond donors (Lipinski definition) is 0. The van der Waals surface area contributed by atoms with E-state index in [1.54, 1.807) is 0 Å². The van der Waals surface area contributed by atoms with Crippen molar-refractivity contribution in [2.45, 2.75) is 13.0 Å². The van der Waals surface area contributed by atoms with Gasteiger partial charge in [-0.3, -0.25) is 0 Å². The summed E-state index contributed by atoms with van der Waals surface area (Å²) in [6, 6.07) is 60.1. The van der Waals surface area contributed by atoms with E-state index < -0.39 is 0 Å². The van der Waals surface area contributed by atoms with E-state index in [0.717, 1.165) is 67.6 Å². The standard InChI is InChI=1S/C47H38N2O/c1-33-30-44(34(2)50-47-21-13-12-20-43(33)47)38-25-29-46(48(3)39-16-6-4-7-17-39)45(32-38)36-23-26-41(27-24-36)49(40-18-8-5-9-19-40)42-28-22-35-14-10-11-15-37(35)31-42/h4-32,34H,1H2,2-3H3. The quantitative estimate of drug-likeness (QED) is 0.171. The van der Waals surface area contributed by atoms with E-state index >= 15 is 0 Å². The van der Waals surface area contributed by atoms with Gasteiger partial charge in [0.25, 0.3) is 0 Å². The Kier molecular flexibility index (Phi) is 8.24. The summed E-state index contributed by atoms with van der Waals surface area (Å²) in [5.41, 5.74) is 12.0. The Hall–Kier alpha value is -6.32. The van der Waals surface area contributed by atoms with E-state index in [9.17, 15) is 0 Å². The molecule has 1 aliphatic rings. The Balaban J connectivity index is 1.23. The fourth-order valence-corrected chi connectivity index (χ4v) is 6.95. The van der Waals surface area contributed by atoms with E-state index in [0.29, 0.717) is 0 Å². The molecule has 8 rings (SSSR count). The van der Waals surface area contributed by atoms with Crippen molar-refractivity contribution < 1.29 is 4.74 Å². The molecule has 1 unspecified atom stereocenters. The predicted octanol–water partition coefficient (Wildman–Crippen LogP) is 12.6. The summed E-state index contributed by atoms with van der Waals surface area (Å²) >= 11 is 0. The van der Waals surface area contributed by atoms with Gasteiger partial charge in [0.05, 0.1) is 0 Å². The van der Waals surface area contributed by atoms with Crippen molar-refractivity contribution >= 4 is 50.4 Å². The lowest BCUT2D eigenvalue weighted by molar-refractivity contribution is 0.279. The van der Waals surface area contributed by atoms with Gasteiger partial charge in [-0.2, -0.15) is 0 Å². The smallest absolute Gasteiger partial charge is 0.128 e. The SMILES string of the molecule is C=C1C=C(c2ccc(N(C)c3ccccc3)c(-c3ccc(N(c4ccccc4)c4ccc5ccccc5c4)cc3)c2)C(C)Oc2ccccc21. The number of allylic oxidation sites excluding steroid dienone is 2. The first-order chi connectivity index (χ1) is 24.5. The number of para-hydroxylation sites is 3. The van der Waals surface area contributed by atoms with Crippen molar-refractivity contribution in [3.05, 3.63) is 194 Å². The van der Waals surface area contributed by atoms with Gasteiger partial charge in [0.1, 0.15) is 11.9 Å². The summed E-state index contributed by atoms with van der Waals surface area (Å²) < 4.78 is 6.49. The second-order valence-electron chi connectivity index (χ2n) is 12.8. The van der Waals surface area contributed by atoms with E-state index in [1.807, 2.05) is 18.2 Å². The molecule has 0 spiro atoms. The molecule has 0 aliphatic carbocycles. The van der Waals surface area contributed by atoms with E-state index in [1.165, 1.54) is 10.8 Å². The summed E-state index contributed by atoms with van der Waals surface area (Å²) in [5, 5.41) is 2.44. The van der Waals surface area contributed by atoms with Crippen LogP contribution in [0.25, 0.3) is 33.0 Å². The van der Waals surface area contributed by atoms with Gasteiger partial charge in [0, 0.05) is 46.6 Å². The molecule has 242 valence electrons. The fraction of sp³-hybridized carbons (Fsp3) is 0.0638. The summed E-state index contributed by atoms with van der Waals surface area (Å²) in [6.45, 7) is 6.53. The van der Waals surface area contributed by atoms with Gasteiger partial charge in [0.15, 0.2) is 0 Å². The largest absolute Gasteiger partial charge is 0.485 e. The molecule has 0 aromatic heterocycles. The van der Waals surface area contributed by atoms with Gasteiger partial charge < -0.3 is 14.5 Å². The first-order valence-electron chi connectivity index (χ1n) is 17.1. The summed E-state index contributed by atoms with van der Waals surface area (Å²) in [4.78, 5) is 4.58. The molecule has 3 heteroatoms. The molecule has 0 radical (unpaired) electrons. The fourth-order valence-electron chi connectivity index (χ4n) is 6.95. The molecular formula is C47H38N2O. The van der Waals surface area contributed by atoms with Crippen LogP contribution in [0.15, 0.2) is 183 Å². The first-order valence-corrected chi connectivity index (χ1v) is 17.1. The van der Waals surface area contributed by atoms with Crippen molar-refractivity contribution in [3.63, 3.8) is 0 Å². The van der Waals surface area contributed by atoms with E-state index in [2.05, 4.69) is 188 Å². The van der Waals surface area contributed by atoms with Crippen LogP contribution in [-0.4, -0.2) is 13.2 Å². The predicted molar refractivity (Wildman–Crippen MR) is 212 cm³/mol. The maximum absolute atomic E-state index is 6.49. The minimum atomic E-state index is -0.148. The van der Waals surface area contributed by atoms with Crippen LogP contribution >= 0.6 is 0 Å². The second-order valence-corrected chi connectivity index (χ2v) is 12.8. The van der Waals surface area contributed by atoms with Gasteiger partial charge in [-0.15, -0.1) is 0 Å². The highest BCUT2D eigenvalue weighted by atomic mass is 16.5.